The van der Waals surface area contributed by atoms with E-state index >= 15 is 0 Å². The molecule has 54 heavy (non-hydrogen) atoms. The molecule has 0 aliphatic heterocycles. The van der Waals surface area contributed by atoms with Gasteiger partial charge in [0.15, 0.2) is 0 Å². The third kappa shape index (κ3) is 12.9. The highest BCUT2D eigenvalue weighted by atomic mass is 19.4. The first-order valence-corrected chi connectivity index (χ1v) is 16.3. The average Bonchev–Trinajstić information content (AvgIpc) is 3.03. The van der Waals surface area contributed by atoms with Crippen LogP contribution in [0.5, 0.6) is 0 Å². The molecule has 0 spiro atoms. The zero-order valence-electron chi connectivity index (χ0n) is 29.9. The van der Waals surface area contributed by atoms with Crippen molar-refractivity contribution >= 4 is 64.0 Å². The summed E-state index contributed by atoms with van der Waals surface area (Å²) in [6, 6.07) is -4.42. The van der Waals surface area contributed by atoms with Crippen LogP contribution in [0.4, 0.5) is 18.9 Å². The van der Waals surface area contributed by atoms with Gasteiger partial charge in [0.05, 0.1) is 18.4 Å². The maximum absolute atomic E-state index is 13.4. The first-order chi connectivity index (χ1) is 24.9. The smallest absolute Gasteiger partial charge is 0.417 e. The maximum Gasteiger partial charge on any atom is 0.417 e. The van der Waals surface area contributed by atoms with E-state index in [4.69, 9.17) is 4.42 Å². The van der Waals surface area contributed by atoms with Crippen LogP contribution in [0.1, 0.15) is 59.9 Å². The lowest BCUT2D eigenvalue weighted by molar-refractivity contribution is -0.142. The van der Waals surface area contributed by atoms with Crippen LogP contribution in [0.25, 0.3) is 11.0 Å². The van der Waals surface area contributed by atoms with Gasteiger partial charge >= 0.3 is 23.7 Å². The first-order valence-electron chi connectivity index (χ1n) is 16.3. The number of halogens is 3. The number of amides is 6. The summed E-state index contributed by atoms with van der Waals surface area (Å²) in [5.41, 5.74) is -3.38. The van der Waals surface area contributed by atoms with Gasteiger partial charge in [-0.25, -0.2) is 4.79 Å². The van der Waals surface area contributed by atoms with Crippen LogP contribution in [0.15, 0.2) is 33.5 Å². The van der Waals surface area contributed by atoms with Crippen LogP contribution < -0.4 is 37.5 Å². The van der Waals surface area contributed by atoms with Crippen LogP contribution in [0.3, 0.4) is 0 Å². The number of hydrogen-bond acceptors (Lipinski definition) is 10. The van der Waals surface area contributed by atoms with E-state index in [1.807, 2.05) is 0 Å². The largest absolute Gasteiger partial charge is 0.481 e. The summed E-state index contributed by atoms with van der Waals surface area (Å²) in [7, 11) is 0. The van der Waals surface area contributed by atoms with Gasteiger partial charge in [-0.05, 0) is 30.9 Å². The molecule has 1 aromatic carbocycles. The molecule has 18 nitrogen and oxygen atoms in total. The second-order valence-corrected chi connectivity index (χ2v) is 12.9. The highest BCUT2D eigenvalue weighted by Crippen LogP contribution is 2.34. The summed E-state index contributed by atoms with van der Waals surface area (Å²) in [4.78, 5) is 112. The lowest BCUT2D eigenvalue weighted by Crippen LogP contribution is -2.60. The molecule has 1 aromatic heterocycles. The lowest BCUT2D eigenvalue weighted by atomic mass is 10.0. The van der Waals surface area contributed by atoms with Crippen molar-refractivity contribution in [1.29, 1.82) is 0 Å². The number of rotatable bonds is 17. The lowest BCUT2D eigenvalue weighted by Gasteiger charge is -2.28. The van der Waals surface area contributed by atoms with Crippen LogP contribution in [0.2, 0.25) is 0 Å². The SMILES string of the molecule is CC(=O)N[C@H](C(=O)N[C@@H](CC(=O)O)C(=O)N[C@H](C(=O)N[C@@H](C)C(=O)N[C@@H](CC(=O)O)C(=O)Nc1ccc2c(C(F)(F)F)cc(=O)oc2c1)C(C)C)C(C)C. The molecule has 1 heterocycles. The van der Waals surface area contributed by atoms with Gasteiger partial charge in [-0.15, -0.1) is 0 Å². The van der Waals surface area contributed by atoms with Crippen molar-refractivity contribution in [3.05, 3.63) is 40.2 Å². The summed E-state index contributed by atoms with van der Waals surface area (Å²) in [6.07, 6.45) is -6.79. The summed E-state index contributed by atoms with van der Waals surface area (Å²) >= 11 is 0. The molecule has 2 aromatic rings. The van der Waals surface area contributed by atoms with Crippen molar-refractivity contribution in [2.75, 3.05) is 5.32 Å². The van der Waals surface area contributed by atoms with E-state index < -0.39 is 131 Å². The molecule has 21 heteroatoms. The molecule has 0 fully saturated rings. The molecule has 0 aliphatic carbocycles. The summed E-state index contributed by atoms with van der Waals surface area (Å²) in [5, 5.41) is 31.9. The molecule has 8 N–H and O–H groups in total. The fraction of sp³-hybridized carbons (Fsp3) is 0.485. The number of nitrogens with one attached hydrogen (secondary N) is 6. The Balaban J connectivity index is 2.20. The average molecular weight is 771 g/mol. The van der Waals surface area contributed by atoms with E-state index in [9.17, 15) is 66.5 Å². The third-order valence-electron chi connectivity index (χ3n) is 7.65. The van der Waals surface area contributed by atoms with Crippen molar-refractivity contribution in [2.24, 2.45) is 11.8 Å². The van der Waals surface area contributed by atoms with Gasteiger partial charge in [0, 0.05) is 30.1 Å². The number of aliphatic carboxylic acids is 2. The topological polar surface area (TPSA) is 279 Å². The number of hydrogen-bond donors (Lipinski definition) is 8. The molecular weight excluding hydrogens is 729 g/mol. The molecule has 5 atom stereocenters. The quantitative estimate of drug-likeness (QED) is 0.102. The van der Waals surface area contributed by atoms with E-state index in [1.165, 1.54) is 13.8 Å². The molecule has 2 rings (SSSR count). The monoisotopic (exact) mass is 770 g/mol. The fourth-order valence-electron chi connectivity index (χ4n) is 4.94. The molecule has 0 unspecified atom stereocenters. The Morgan fingerprint density at radius 2 is 1.19 bits per heavy atom. The molecule has 0 bridgehead atoms. The minimum absolute atomic E-state index is 0.219. The summed E-state index contributed by atoms with van der Waals surface area (Å²) in [6.45, 7) is 8.53. The van der Waals surface area contributed by atoms with Gasteiger partial charge in [0.2, 0.25) is 35.4 Å². The number of anilines is 1. The molecule has 0 saturated heterocycles. The highest BCUT2D eigenvalue weighted by Gasteiger charge is 2.36. The van der Waals surface area contributed by atoms with Crippen molar-refractivity contribution in [3.8, 4) is 0 Å². The van der Waals surface area contributed by atoms with Gasteiger partial charge in [-0.3, -0.25) is 38.4 Å². The van der Waals surface area contributed by atoms with Crippen LogP contribution >= 0.6 is 0 Å². The number of carbonyl (C=O) groups is 8. The van der Waals surface area contributed by atoms with E-state index in [0.717, 1.165) is 32.0 Å². The number of benzene rings is 1. The van der Waals surface area contributed by atoms with E-state index in [0.29, 0.717) is 0 Å². The van der Waals surface area contributed by atoms with Crippen molar-refractivity contribution in [3.63, 3.8) is 0 Å². The molecule has 0 saturated carbocycles. The van der Waals surface area contributed by atoms with E-state index in [-0.39, 0.29) is 11.8 Å². The maximum atomic E-state index is 13.4. The molecule has 296 valence electrons. The second-order valence-electron chi connectivity index (χ2n) is 12.9. The van der Waals surface area contributed by atoms with Crippen molar-refractivity contribution in [1.82, 2.24) is 26.6 Å². The zero-order valence-corrected chi connectivity index (χ0v) is 29.9. The second kappa shape index (κ2) is 18.6. The van der Waals surface area contributed by atoms with Gasteiger partial charge in [-0.2, -0.15) is 13.2 Å². The van der Waals surface area contributed by atoms with Crippen LogP contribution in [-0.2, 0) is 44.5 Å². The summed E-state index contributed by atoms with van der Waals surface area (Å²) < 4.78 is 45.0. The highest BCUT2D eigenvalue weighted by molar-refractivity contribution is 6.01. The zero-order chi connectivity index (χ0) is 41.2. The number of carboxylic acid groups (broad SMARTS) is 2. The number of carboxylic acids is 2. The van der Waals surface area contributed by atoms with Gasteiger partial charge < -0.3 is 46.5 Å². The molecule has 0 aliphatic rings. The van der Waals surface area contributed by atoms with Crippen LogP contribution in [0, 0.1) is 11.8 Å². The Labute approximate surface area is 305 Å². The third-order valence-corrected chi connectivity index (χ3v) is 7.65. The predicted molar refractivity (Wildman–Crippen MR) is 181 cm³/mol. The van der Waals surface area contributed by atoms with Crippen LogP contribution in [-0.4, -0.2) is 87.8 Å². The van der Waals surface area contributed by atoms with Gasteiger partial charge in [0.25, 0.3) is 0 Å². The van der Waals surface area contributed by atoms with Crippen molar-refractivity contribution < 1.29 is 66.2 Å². The Hall–Kier alpha value is -6.02. The normalized spacial score (nSPS) is 14.2. The number of carbonyl (C=O) groups excluding carboxylic acids is 6. The number of alkyl halides is 3. The first kappa shape index (κ1) is 44.1. The van der Waals surface area contributed by atoms with Crippen molar-refractivity contribution in [2.45, 2.75) is 90.8 Å². The minimum atomic E-state index is -4.91. The Bertz CT molecular complexity index is 1840. The number of fused-ring (bicyclic) bond motifs is 1. The summed E-state index contributed by atoms with van der Waals surface area (Å²) in [5.74, 6) is -9.84. The van der Waals surface area contributed by atoms with Gasteiger partial charge in [0.1, 0.15) is 35.8 Å². The van der Waals surface area contributed by atoms with E-state index in [2.05, 4.69) is 31.9 Å². The molecular formula is C33H41F3N6O12. The predicted octanol–water partition coefficient (Wildman–Crippen LogP) is 0.476. The fourth-order valence-corrected chi connectivity index (χ4v) is 4.94. The van der Waals surface area contributed by atoms with Gasteiger partial charge in [-0.1, -0.05) is 27.7 Å². The molecule has 0 radical (unpaired) electrons. The van der Waals surface area contributed by atoms with E-state index in [1.54, 1.807) is 13.8 Å². The Morgan fingerprint density at radius 3 is 1.69 bits per heavy atom. The standard InChI is InChI=1S/C33H41F3N6O12/c1-13(2)26(38-16(6)43)32(53)41-21(12-24(46)47)30(51)42-27(14(3)4)31(52)37-15(5)28(49)40-20(11-23(44)45)29(50)39-17-7-8-18-19(33(34,35)36)10-25(48)54-22(18)9-17/h7-10,13-15,20-21,26-27H,11-12H2,1-6H3,(H,37,52)(H,38,43)(H,39,50)(H,40,49)(H,41,53)(H,42,51)(H,44,45)(H,46,47)/t15-,20-,21-,26-,27-/m0/s1. The Morgan fingerprint density at radius 1 is 0.685 bits per heavy atom. The molecule has 6 amide bonds. The Kier molecular flexibility index (Phi) is 15.2. The minimum Gasteiger partial charge on any atom is -0.481 e.